The molecule has 7 heteroatoms. The molecule has 1 aromatic carbocycles. The molecule has 1 aromatic rings. The van der Waals surface area contributed by atoms with Gasteiger partial charge in [-0.05, 0) is 37.8 Å². The molecule has 1 heterocycles. The number of hydrogen-bond acceptors (Lipinski definition) is 5. The number of nitro groups is 1. The number of nitro benzene ring substituents is 1. The third-order valence-corrected chi connectivity index (χ3v) is 5.91. The molecule has 1 aliphatic heterocycles. The first kappa shape index (κ1) is 17.7. The van der Waals surface area contributed by atoms with E-state index in [1.807, 2.05) is 12.2 Å². The van der Waals surface area contributed by atoms with Gasteiger partial charge < -0.3 is 5.32 Å². The topological polar surface area (TPSA) is 92.6 Å². The van der Waals surface area contributed by atoms with Crippen LogP contribution in [0.2, 0.25) is 0 Å². The average Bonchev–Trinajstić information content (AvgIpc) is 2.94. The van der Waals surface area contributed by atoms with Crippen LogP contribution in [0.25, 0.3) is 0 Å². The van der Waals surface area contributed by atoms with Crippen LogP contribution in [0.1, 0.15) is 44.9 Å². The van der Waals surface area contributed by atoms with Crippen molar-refractivity contribution in [2.24, 2.45) is 11.8 Å². The lowest BCUT2D eigenvalue weighted by Crippen LogP contribution is -2.31. The van der Waals surface area contributed by atoms with Crippen LogP contribution >= 0.6 is 0 Å². The van der Waals surface area contributed by atoms with Gasteiger partial charge in [0.2, 0.25) is 11.8 Å². The van der Waals surface area contributed by atoms with E-state index in [2.05, 4.69) is 5.32 Å². The van der Waals surface area contributed by atoms with Crippen LogP contribution in [-0.2, 0) is 9.59 Å². The molecule has 0 radical (unpaired) electrons. The summed E-state index contributed by atoms with van der Waals surface area (Å²) in [6.45, 7) is 0. The second kappa shape index (κ2) is 7.13. The van der Waals surface area contributed by atoms with Gasteiger partial charge in [-0.25, -0.2) is 4.90 Å². The fourth-order valence-corrected chi connectivity index (χ4v) is 4.45. The summed E-state index contributed by atoms with van der Waals surface area (Å²) in [5.41, 5.74) is 0.654. The summed E-state index contributed by atoms with van der Waals surface area (Å²) in [7, 11) is 0. The Kier molecular flexibility index (Phi) is 4.68. The van der Waals surface area contributed by atoms with Gasteiger partial charge in [0, 0.05) is 12.1 Å². The van der Waals surface area contributed by atoms with E-state index in [1.165, 1.54) is 12.5 Å². The van der Waals surface area contributed by atoms with E-state index in [0.29, 0.717) is 24.2 Å². The Morgan fingerprint density at radius 2 is 1.63 bits per heavy atom. The van der Waals surface area contributed by atoms with Gasteiger partial charge in [0.25, 0.3) is 5.69 Å². The number of amides is 2. The van der Waals surface area contributed by atoms with Crippen LogP contribution in [0, 0.1) is 22.0 Å². The quantitative estimate of drug-likeness (QED) is 0.377. The van der Waals surface area contributed by atoms with E-state index in [4.69, 9.17) is 0 Å². The van der Waals surface area contributed by atoms with Crippen LogP contribution in [-0.4, -0.2) is 22.8 Å². The number of anilines is 2. The van der Waals surface area contributed by atoms with Crippen molar-refractivity contribution in [3.63, 3.8) is 0 Å². The minimum absolute atomic E-state index is 0.0910. The zero-order valence-electron chi connectivity index (χ0n) is 15.1. The molecule has 0 aromatic heterocycles. The van der Waals surface area contributed by atoms with E-state index < -0.39 is 4.92 Å². The Morgan fingerprint density at radius 1 is 1.00 bits per heavy atom. The van der Waals surface area contributed by atoms with E-state index in [-0.39, 0.29) is 35.4 Å². The first-order valence-electron chi connectivity index (χ1n) is 9.64. The van der Waals surface area contributed by atoms with Crippen molar-refractivity contribution in [1.82, 2.24) is 0 Å². The number of nitrogens with zero attached hydrogens (tertiary/aromatic N) is 2. The number of fused-ring (bicyclic) bond motifs is 1. The van der Waals surface area contributed by atoms with Crippen LogP contribution in [0.3, 0.4) is 0 Å². The number of nitrogens with one attached hydrogen (secondary N) is 1. The summed E-state index contributed by atoms with van der Waals surface area (Å²) < 4.78 is 0. The zero-order valence-corrected chi connectivity index (χ0v) is 15.1. The Labute approximate surface area is 157 Å². The van der Waals surface area contributed by atoms with Crippen molar-refractivity contribution < 1.29 is 14.5 Å². The fraction of sp³-hybridized carbons (Fsp3) is 0.500. The molecule has 1 saturated heterocycles. The first-order chi connectivity index (χ1) is 13.1. The predicted octanol–water partition coefficient (Wildman–Crippen LogP) is 3.80. The maximum atomic E-state index is 12.7. The summed E-state index contributed by atoms with van der Waals surface area (Å²) in [5, 5.41) is 14.9. The number of imide groups is 1. The molecule has 2 aliphatic carbocycles. The van der Waals surface area contributed by atoms with E-state index >= 15 is 0 Å². The Hall–Kier alpha value is -2.70. The third kappa shape index (κ3) is 3.22. The molecule has 2 atom stereocenters. The van der Waals surface area contributed by atoms with Crippen molar-refractivity contribution in [1.29, 1.82) is 0 Å². The fourth-order valence-electron chi connectivity index (χ4n) is 4.45. The molecule has 2 amide bonds. The number of allylic oxidation sites excluding steroid dienone is 2. The highest BCUT2D eigenvalue weighted by atomic mass is 16.6. The third-order valence-electron chi connectivity index (χ3n) is 5.91. The van der Waals surface area contributed by atoms with Crippen LogP contribution in [0.4, 0.5) is 17.1 Å². The van der Waals surface area contributed by atoms with E-state index in [1.54, 1.807) is 12.1 Å². The number of carbonyl (C=O) groups excluding carboxylic acids is 2. The van der Waals surface area contributed by atoms with E-state index in [9.17, 15) is 19.7 Å². The van der Waals surface area contributed by atoms with Crippen molar-refractivity contribution in [2.75, 3.05) is 10.2 Å². The smallest absolute Gasteiger partial charge is 0.294 e. The molecule has 2 fully saturated rings. The molecule has 1 saturated carbocycles. The molecule has 2 unspecified atom stereocenters. The van der Waals surface area contributed by atoms with Gasteiger partial charge in [0.05, 0.1) is 22.4 Å². The maximum absolute atomic E-state index is 12.7. The molecule has 4 rings (SSSR count). The first-order valence-corrected chi connectivity index (χ1v) is 9.64. The molecule has 0 bridgehead atoms. The minimum Gasteiger partial charge on any atom is -0.377 e. The zero-order chi connectivity index (χ0) is 19.0. The van der Waals surface area contributed by atoms with Crippen molar-refractivity contribution in [2.45, 2.75) is 51.0 Å². The van der Waals surface area contributed by atoms with Gasteiger partial charge in [0.15, 0.2) is 0 Å². The summed E-state index contributed by atoms with van der Waals surface area (Å²) in [5.74, 6) is -1.20. The Morgan fingerprint density at radius 3 is 2.22 bits per heavy atom. The lowest BCUT2D eigenvalue weighted by Gasteiger charge is -2.24. The highest BCUT2D eigenvalue weighted by Crippen LogP contribution is 2.40. The molecular formula is C20H23N3O4. The second-order valence-electron chi connectivity index (χ2n) is 7.61. The van der Waals surface area contributed by atoms with E-state index in [0.717, 1.165) is 30.6 Å². The van der Waals surface area contributed by atoms with Gasteiger partial charge in [0.1, 0.15) is 5.69 Å². The lowest BCUT2D eigenvalue weighted by atomic mass is 9.85. The van der Waals surface area contributed by atoms with Gasteiger partial charge in [-0.3, -0.25) is 19.7 Å². The van der Waals surface area contributed by atoms with Crippen molar-refractivity contribution in [3.05, 3.63) is 40.5 Å². The number of benzene rings is 1. The second-order valence-corrected chi connectivity index (χ2v) is 7.61. The predicted molar refractivity (Wildman–Crippen MR) is 101 cm³/mol. The highest BCUT2D eigenvalue weighted by molar-refractivity contribution is 6.22. The molecule has 142 valence electrons. The number of rotatable bonds is 4. The Balaban J connectivity index is 1.62. The molecular weight excluding hydrogens is 346 g/mol. The number of carbonyl (C=O) groups is 2. The Bertz CT molecular complexity index is 787. The van der Waals surface area contributed by atoms with Crippen molar-refractivity contribution in [3.8, 4) is 0 Å². The SMILES string of the molecule is O=C1C2CC=CCC2C(=O)N1c1ccc(NC2CCCCC2)c([N+](=O)[O-])c1. The van der Waals surface area contributed by atoms with Crippen LogP contribution < -0.4 is 10.2 Å². The van der Waals surface area contributed by atoms with Gasteiger partial charge in [-0.15, -0.1) is 0 Å². The standard InChI is InChI=1S/C20H23N3O4/c24-19-15-8-4-5-9-16(15)20(25)22(19)14-10-11-17(18(12-14)23(26)27)21-13-6-2-1-3-7-13/h4-5,10-13,15-16,21H,1-3,6-9H2. The monoisotopic (exact) mass is 369 g/mol. The summed E-state index contributed by atoms with van der Waals surface area (Å²) in [6, 6.07) is 4.85. The summed E-state index contributed by atoms with van der Waals surface area (Å²) in [6.07, 6.45) is 10.4. The molecule has 1 N–H and O–H groups in total. The van der Waals surface area contributed by atoms with Crippen LogP contribution in [0.5, 0.6) is 0 Å². The lowest BCUT2D eigenvalue weighted by molar-refractivity contribution is -0.383. The molecule has 3 aliphatic rings. The summed E-state index contributed by atoms with van der Waals surface area (Å²) in [4.78, 5) is 37.7. The van der Waals surface area contributed by atoms with Gasteiger partial charge >= 0.3 is 0 Å². The minimum atomic E-state index is -0.450. The maximum Gasteiger partial charge on any atom is 0.294 e. The molecule has 27 heavy (non-hydrogen) atoms. The normalized spacial score (nSPS) is 25.6. The highest BCUT2D eigenvalue weighted by Gasteiger charge is 2.48. The average molecular weight is 369 g/mol. The summed E-state index contributed by atoms with van der Waals surface area (Å²) >= 11 is 0. The van der Waals surface area contributed by atoms with Crippen LogP contribution in [0.15, 0.2) is 30.4 Å². The largest absolute Gasteiger partial charge is 0.377 e. The van der Waals surface area contributed by atoms with Gasteiger partial charge in [-0.2, -0.15) is 0 Å². The molecule has 7 nitrogen and oxygen atoms in total. The molecule has 0 spiro atoms. The van der Waals surface area contributed by atoms with Gasteiger partial charge in [-0.1, -0.05) is 31.4 Å². The van der Waals surface area contributed by atoms with Crippen molar-refractivity contribution >= 4 is 28.9 Å². The number of hydrogen-bond donors (Lipinski definition) is 1.